The van der Waals surface area contributed by atoms with Crippen LogP contribution in [0, 0.1) is 12.9 Å². The normalized spacial score (nSPS) is 13.0. The van der Waals surface area contributed by atoms with Gasteiger partial charge in [-0.2, -0.15) is 4.39 Å². The van der Waals surface area contributed by atoms with Gasteiger partial charge >= 0.3 is 0 Å². The summed E-state index contributed by atoms with van der Waals surface area (Å²) >= 11 is 0. The number of hydrogen-bond donors (Lipinski definition) is 1. The van der Waals surface area contributed by atoms with Gasteiger partial charge in [0.2, 0.25) is 5.95 Å². The molecule has 0 bridgehead atoms. The molecule has 1 atom stereocenters. The third-order valence-corrected chi connectivity index (χ3v) is 1.84. The average Bonchev–Trinajstić information content (AvgIpc) is 2.08. The second kappa shape index (κ2) is 3.63. The second-order valence-corrected chi connectivity index (χ2v) is 2.91. The Kier molecular flexibility index (Phi) is 2.76. The Morgan fingerprint density at radius 2 is 2.33 bits per heavy atom. The number of rotatable bonds is 2. The molecule has 12 heavy (non-hydrogen) atoms. The first-order valence-electron chi connectivity index (χ1n) is 4.02. The minimum Gasteiger partial charge on any atom is -0.324 e. The monoisotopic (exact) mass is 168 g/mol. The highest BCUT2D eigenvalue weighted by Crippen LogP contribution is 2.16. The van der Waals surface area contributed by atoms with Crippen molar-refractivity contribution < 1.29 is 4.39 Å². The van der Waals surface area contributed by atoms with E-state index in [0.29, 0.717) is 5.56 Å². The standard InChI is InChI=1S/C9H13FN2/c1-3-8(11)7-4-6(2)5-12-9(7)10/h4-5,8H,3,11H2,1-2H3/t8-/m1/s1. The number of nitrogens with zero attached hydrogens (tertiary/aromatic N) is 1. The lowest BCUT2D eigenvalue weighted by atomic mass is 10.1. The fourth-order valence-corrected chi connectivity index (χ4v) is 1.06. The minimum absolute atomic E-state index is 0.239. The SMILES string of the molecule is CC[C@@H](N)c1cc(C)cnc1F. The van der Waals surface area contributed by atoms with E-state index in [0.717, 1.165) is 12.0 Å². The summed E-state index contributed by atoms with van der Waals surface area (Å²) in [4.78, 5) is 3.60. The fraction of sp³-hybridized carbons (Fsp3) is 0.444. The number of halogens is 1. The van der Waals surface area contributed by atoms with Gasteiger partial charge in [-0.15, -0.1) is 0 Å². The van der Waals surface area contributed by atoms with Crippen molar-refractivity contribution in [2.75, 3.05) is 0 Å². The Bertz CT molecular complexity index is 273. The van der Waals surface area contributed by atoms with Gasteiger partial charge in [-0.1, -0.05) is 6.92 Å². The molecule has 0 amide bonds. The van der Waals surface area contributed by atoms with E-state index in [1.807, 2.05) is 13.8 Å². The van der Waals surface area contributed by atoms with E-state index in [9.17, 15) is 4.39 Å². The number of aromatic nitrogens is 1. The summed E-state index contributed by atoms with van der Waals surface area (Å²) in [7, 11) is 0. The van der Waals surface area contributed by atoms with E-state index in [-0.39, 0.29) is 6.04 Å². The molecule has 0 aromatic carbocycles. The minimum atomic E-state index is -0.449. The molecular formula is C9H13FN2. The molecule has 2 N–H and O–H groups in total. The maximum absolute atomic E-state index is 13.0. The van der Waals surface area contributed by atoms with Crippen molar-refractivity contribution in [2.24, 2.45) is 5.73 Å². The quantitative estimate of drug-likeness (QED) is 0.685. The fourth-order valence-electron chi connectivity index (χ4n) is 1.06. The van der Waals surface area contributed by atoms with Gasteiger partial charge in [0.25, 0.3) is 0 Å². The van der Waals surface area contributed by atoms with Crippen LogP contribution in [0.5, 0.6) is 0 Å². The van der Waals surface area contributed by atoms with Gasteiger partial charge in [-0.3, -0.25) is 0 Å². The van der Waals surface area contributed by atoms with Crippen LogP contribution >= 0.6 is 0 Å². The van der Waals surface area contributed by atoms with Gasteiger partial charge in [-0.05, 0) is 25.0 Å². The van der Waals surface area contributed by atoms with Crippen molar-refractivity contribution in [2.45, 2.75) is 26.3 Å². The maximum Gasteiger partial charge on any atom is 0.217 e. The molecule has 0 unspecified atom stereocenters. The molecule has 0 radical (unpaired) electrons. The van der Waals surface area contributed by atoms with Crippen molar-refractivity contribution in [3.8, 4) is 0 Å². The molecular weight excluding hydrogens is 155 g/mol. The van der Waals surface area contributed by atoms with E-state index in [1.54, 1.807) is 6.07 Å². The van der Waals surface area contributed by atoms with Crippen LogP contribution in [0.15, 0.2) is 12.3 Å². The van der Waals surface area contributed by atoms with Crippen LogP contribution in [0.3, 0.4) is 0 Å². The number of nitrogens with two attached hydrogens (primary N) is 1. The van der Waals surface area contributed by atoms with Crippen molar-refractivity contribution in [1.82, 2.24) is 4.98 Å². The molecule has 1 rings (SSSR count). The molecule has 0 spiro atoms. The van der Waals surface area contributed by atoms with Gasteiger partial charge in [-0.25, -0.2) is 4.98 Å². The summed E-state index contributed by atoms with van der Waals surface area (Å²) in [6, 6.07) is 1.51. The van der Waals surface area contributed by atoms with Gasteiger partial charge in [0.05, 0.1) is 0 Å². The van der Waals surface area contributed by atoms with Gasteiger partial charge < -0.3 is 5.73 Å². The van der Waals surface area contributed by atoms with Crippen LogP contribution in [0.1, 0.15) is 30.5 Å². The predicted octanol–water partition coefficient (Wildman–Crippen LogP) is 1.94. The Hall–Kier alpha value is -0.960. The van der Waals surface area contributed by atoms with E-state index in [2.05, 4.69) is 4.98 Å². The van der Waals surface area contributed by atoms with E-state index < -0.39 is 5.95 Å². The molecule has 2 nitrogen and oxygen atoms in total. The van der Waals surface area contributed by atoms with Crippen LogP contribution in [-0.4, -0.2) is 4.98 Å². The first kappa shape index (κ1) is 9.13. The van der Waals surface area contributed by atoms with Crippen molar-refractivity contribution in [3.63, 3.8) is 0 Å². The largest absolute Gasteiger partial charge is 0.324 e. The summed E-state index contributed by atoms with van der Waals surface area (Å²) < 4.78 is 13.0. The van der Waals surface area contributed by atoms with E-state index in [1.165, 1.54) is 6.20 Å². The lowest BCUT2D eigenvalue weighted by molar-refractivity contribution is 0.539. The zero-order valence-corrected chi connectivity index (χ0v) is 7.34. The highest BCUT2D eigenvalue weighted by molar-refractivity contribution is 5.21. The second-order valence-electron chi connectivity index (χ2n) is 2.91. The highest BCUT2D eigenvalue weighted by atomic mass is 19.1. The molecule has 0 aliphatic rings. The van der Waals surface area contributed by atoms with Crippen LogP contribution in [-0.2, 0) is 0 Å². The molecule has 1 heterocycles. The lowest BCUT2D eigenvalue weighted by Crippen LogP contribution is -2.11. The Morgan fingerprint density at radius 3 is 2.92 bits per heavy atom. The average molecular weight is 168 g/mol. The number of pyridine rings is 1. The maximum atomic E-state index is 13.0. The van der Waals surface area contributed by atoms with Crippen LogP contribution in [0.25, 0.3) is 0 Å². The first-order valence-corrected chi connectivity index (χ1v) is 4.02. The van der Waals surface area contributed by atoms with Crippen molar-refractivity contribution in [3.05, 3.63) is 29.3 Å². The number of hydrogen-bond acceptors (Lipinski definition) is 2. The zero-order chi connectivity index (χ0) is 9.14. The summed E-state index contributed by atoms with van der Waals surface area (Å²) in [5.74, 6) is -0.449. The number of aryl methyl sites for hydroxylation is 1. The van der Waals surface area contributed by atoms with Crippen molar-refractivity contribution in [1.29, 1.82) is 0 Å². The van der Waals surface area contributed by atoms with Crippen molar-refractivity contribution >= 4 is 0 Å². The Morgan fingerprint density at radius 1 is 1.67 bits per heavy atom. The Labute approximate surface area is 71.6 Å². The molecule has 1 aromatic heterocycles. The summed E-state index contributed by atoms with van der Waals surface area (Å²) in [6.45, 7) is 3.80. The van der Waals surface area contributed by atoms with E-state index >= 15 is 0 Å². The highest BCUT2D eigenvalue weighted by Gasteiger charge is 2.09. The molecule has 66 valence electrons. The van der Waals surface area contributed by atoms with Crippen LogP contribution in [0.2, 0.25) is 0 Å². The van der Waals surface area contributed by atoms with Gasteiger partial charge in [0, 0.05) is 17.8 Å². The summed E-state index contributed by atoms with van der Waals surface area (Å²) in [6.07, 6.45) is 2.23. The lowest BCUT2D eigenvalue weighted by Gasteiger charge is -2.09. The summed E-state index contributed by atoms with van der Waals surface area (Å²) in [5.41, 5.74) is 7.14. The first-order chi connectivity index (χ1) is 5.65. The smallest absolute Gasteiger partial charge is 0.217 e. The van der Waals surface area contributed by atoms with Gasteiger partial charge in [0.1, 0.15) is 0 Å². The molecule has 0 saturated heterocycles. The summed E-state index contributed by atoms with van der Waals surface area (Å²) in [5, 5.41) is 0. The Balaban J connectivity index is 3.04. The molecule has 3 heteroatoms. The third-order valence-electron chi connectivity index (χ3n) is 1.84. The van der Waals surface area contributed by atoms with E-state index in [4.69, 9.17) is 5.73 Å². The van der Waals surface area contributed by atoms with Crippen LogP contribution < -0.4 is 5.73 Å². The molecule has 0 fully saturated rings. The zero-order valence-electron chi connectivity index (χ0n) is 7.34. The molecule has 0 aliphatic heterocycles. The topological polar surface area (TPSA) is 38.9 Å². The van der Waals surface area contributed by atoms with Crippen LogP contribution in [0.4, 0.5) is 4.39 Å². The third kappa shape index (κ3) is 1.80. The molecule has 1 aromatic rings. The molecule has 0 saturated carbocycles. The molecule has 0 aliphatic carbocycles. The predicted molar refractivity (Wildman–Crippen MR) is 46.2 cm³/mol. The van der Waals surface area contributed by atoms with Gasteiger partial charge in [0.15, 0.2) is 0 Å².